The monoisotopic (exact) mass is 342 g/mol. The molecule has 1 aliphatic rings. The molecule has 2 amide bonds. The average molecular weight is 343 g/mol. The van der Waals surface area contributed by atoms with E-state index in [2.05, 4.69) is 0 Å². The molecule has 124 valence electrons. The van der Waals surface area contributed by atoms with Gasteiger partial charge in [-0.3, -0.25) is 14.5 Å². The van der Waals surface area contributed by atoms with Crippen molar-refractivity contribution in [2.75, 3.05) is 11.9 Å². The van der Waals surface area contributed by atoms with Crippen LogP contribution < -0.4 is 4.90 Å². The lowest BCUT2D eigenvalue weighted by atomic mass is 10.1. The fourth-order valence-corrected chi connectivity index (χ4v) is 3.16. The van der Waals surface area contributed by atoms with Gasteiger partial charge in [-0.1, -0.05) is 41.9 Å². The summed E-state index contributed by atoms with van der Waals surface area (Å²) in [7, 11) is 1.78. The standard InChI is InChI=1S/C19H19ClN2O2/c1-21(13-14-5-3-2-4-6-14)19(24)17-11-12-18(23)22(17)16-9-7-15(20)8-10-16/h2-10,17H,11-13H2,1H3. The van der Waals surface area contributed by atoms with Crippen LogP contribution in [0.1, 0.15) is 18.4 Å². The van der Waals surface area contributed by atoms with Crippen LogP contribution in [0.2, 0.25) is 5.02 Å². The SMILES string of the molecule is CN(Cc1ccccc1)C(=O)C1CCC(=O)N1c1ccc(Cl)cc1. The second-order valence-corrected chi connectivity index (χ2v) is 6.41. The van der Waals surface area contributed by atoms with Crippen molar-refractivity contribution in [1.29, 1.82) is 0 Å². The maximum atomic E-state index is 12.9. The van der Waals surface area contributed by atoms with Gasteiger partial charge in [-0.15, -0.1) is 0 Å². The Labute approximate surface area is 146 Å². The topological polar surface area (TPSA) is 40.6 Å². The molecular formula is C19H19ClN2O2. The van der Waals surface area contributed by atoms with Crippen molar-refractivity contribution in [1.82, 2.24) is 4.90 Å². The van der Waals surface area contributed by atoms with Crippen molar-refractivity contribution in [3.63, 3.8) is 0 Å². The van der Waals surface area contributed by atoms with E-state index in [-0.39, 0.29) is 11.8 Å². The molecule has 1 heterocycles. The van der Waals surface area contributed by atoms with Gasteiger partial charge in [0.25, 0.3) is 0 Å². The summed E-state index contributed by atoms with van der Waals surface area (Å²) in [6.07, 6.45) is 0.928. The van der Waals surface area contributed by atoms with Crippen molar-refractivity contribution in [2.45, 2.75) is 25.4 Å². The zero-order valence-corrected chi connectivity index (χ0v) is 14.2. The maximum absolute atomic E-state index is 12.9. The summed E-state index contributed by atoms with van der Waals surface area (Å²) in [5.41, 5.74) is 1.78. The number of hydrogen-bond acceptors (Lipinski definition) is 2. The highest BCUT2D eigenvalue weighted by Crippen LogP contribution is 2.29. The number of benzene rings is 2. The van der Waals surface area contributed by atoms with Gasteiger partial charge in [-0.2, -0.15) is 0 Å². The molecule has 0 bridgehead atoms. The second-order valence-electron chi connectivity index (χ2n) is 5.97. The molecule has 0 N–H and O–H groups in total. The van der Waals surface area contributed by atoms with Crippen LogP contribution >= 0.6 is 11.6 Å². The minimum atomic E-state index is -0.451. The van der Waals surface area contributed by atoms with E-state index < -0.39 is 6.04 Å². The van der Waals surface area contributed by atoms with Crippen LogP contribution in [0, 0.1) is 0 Å². The summed E-state index contributed by atoms with van der Waals surface area (Å²) in [5, 5.41) is 0.606. The van der Waals surface area contributed by atoms with Crippen LogP contribution in [0.5, 0.6) is 0 Å². The Kier molecular flexibility index (Phi) is 4.86. The summed E-state index contributed by atoms with van der Waals surface area (Å²) in [6, 6.07) is 16.4. The molecule has 3 rings (SSSR count). The van der Waals surface area contributed by atoms with E-state index >= 15 is 0 Å². The Balaban J connectivity index is 1.77. The molecular weight excluding hydrogens is 324 g/mol. The number of hydrogen-bond donors (Lipinski definition) is 0. The Morgan fingerprint density at radius 2 is 1.83 bits per heavy atom. The van der Waals surface area contributed by atoms with Crippen molar-refractivity contribution in [2.24, 2.45) is 0 Å². The molecule has 4 nitrogen and oxygen atoms in total. The number of carbonyl (C=O) groups excluding carboxylic acids is 2. The highest BCUT2D eigenvalue weighted by atomic mass is 35.5. The zero-order valence-electron chi connectivity index (χ0n) is 13.5. The third kappa shape index (κ3) is 3.44. The van der Waals surface area contributed by atoms with Gasteiger partial charge in [0.2, 0.25) is 11.8 Å². The van der Waals surface area contributed by atoms with Crippen LogP contribution in [0.3, 0.4) is 0 Å². The van der Waals surface area contributed by atoms with Crippen LogP contribution in [-0.2, 0) is 16.1 Å². The lowest BCUT2D eigenvalue weighted by molar-refractivity contribution is -0.132. The molecule has 0 aromatic heterocycles. The first-order valence-electron chi connectivity index (χ1n) is 7.93. The van der Waals surface area contributed by atoms with Gasteiger partial charge in [-0.25, -0.2) is 0 Å². The molecule has 1 atom stereocenters. The van der Waals surface area contributed by atoms with Gasteiger partial charge in [0.15, 0.2) is 0 Å². The van der Waals surface area contributed by atoms with Crippen molar-refractivity contribution in [3.05, 3.63) is 65.2 Å². The number of likely N-dealkylation sites (N-methyl/N-ethyl adjacent to an activating group) is 1. The molecule has 0 spiro atoms. The largest absolute Gasteiger partial charge is 0.340 e. The summed E-state index contributed by atoms with van der Waals surface area (Å²) < 4.78 is 0. The predicted molar refractivity (Wildman–Crippen MR) is 94.9 cm³/mol. The number of amides is 2. The molecule has 0 saturated carbocycles. The molecule has 5 heteroatoms. The van der Waals surface area contributed by atoms with E-state index in [9.17, 15) is 9.59 Å². The molecule has 1 aliphatic heterocycles. The molecule has 0 radical (unpaired) electrons. The second kappa shape index (κ2) is 7.05. The zero-order chi connectivity index (χ0) is 17.1. The van der Waals surface area contributed by atoms with E-state index in [4.69, 9.17) is 11.6 Å². The summed E-state index contributed by atoms with van der Waals surface area (Å²) in [5.74, 6) is -0.0663. The van der Waals surface area contributed by atoms with Crippen LogP contribution in [0.4, 0.5) is 5.69 Å². The highest BCUT2D eigenvalue weighted by molar-refractivity contribution is 6.30. The average Bonchev–Trinajstić information content (AvgIpc) is 2.97. The quantitative estimate of drug-likeness (QED) is 0.853. The molecule has 24 heavy (non-hydrogen) atoms. The number of anilines is 1. The van der Waals surface area contributed by atoms with Crippen molar-refractivity contribution < 1.29 is 9.59 Å². The maximum Gasteiger partial charge on any atom is 0.245 e. The Morgan fingerprint density at radius 1 is 1.17 bits per heavy atom. The van der Waals surface area contributed by atoms with E-state index in [1.54, 1.807) is 41.1 Å². The highest BCUT2D eigenvalue weighted by Gasteiger charge is 2.38. The third-order valence-corrected chi connectivity index (χ3v) is 4.49. The minimum Gasteiger partial charge on any atom is -0.340 e. The molecule has 1 unspecified atom stereocenters. The lowest BCUT2D eigenvalue weighted by Crippen LogP contribution is -2.45. The van der Waals surface area contributed by atoms with Gasteiger partial charge >= 0.3 is 0 Å². The predicted octanol–water partition coefficient (Wildman–Crippen LogP) is 3.49. The molecule has 1 saturated heterocycles. The van der Waals surface area contributed by atoms with Crippen LogP contribution in [0.15, 0.2) is 54.6 Å². The van der Waals surface area contributed by atoms with E-state index in [1.165, 1.54) is 0 Å². The first kappa shape index (κ1) is 16.5. The Bertz CT molecular complexity index is 731. The lowest BCUT2D eigenvalue weighted by Gasteiger charge is -2.28. The molecule has 1 fully saturated rings. The number of rotatable bonds is 4. The van der Waals surface area contributed by atoms with E-state index in [0.29, 0.717) is 30.1 Å². The fourth-order valence-electron chi connectivity index (χ4n) is 3.03. The molecule has 2 aromatic rings. The number of nitrogens with zero attached hydrogens (tertiary/aromatic N) is 2. The minimum absolute atomic E-state index is 0.0243. The van der Waals surface area contributed by atoms with Gasteiger partial charge in [0, 0.05) is 30.7 Å². The first-order chi connectivity index (χ1) is 11.6. The fraction of sp³-hybridized carbons (Fsp3) is 0.263. The van der Waals surface area contributed by atoms with Crippen LogP contribution in [-0.4, -0.2) is 29.8 Å². The van der Waals surface area contributed by atoms with Gasteiger partial charge in [0.05, 0.1) is 0 Å². The number of carbonyl (C=O) groups is 2. The Hall–Kier alpha value is -2.33. The molecule has 0 aliphatic carbocycles. The Morgan fingerprint density at radius 3 is 2.50 bits per heavy atom. The van der Waals surface area contributed by atoms with E-state index in [0.717, 1.165) is 5.56 Å². The number of halogens is 1. The van der Waals surface area contributed by atoms with E-state index in [1.807, 2.05) is 30.3 Å². The summed E-state index contributed by atoms with van der Waals surface area (Å²) in [4.78, 5) is 28.4. The van der Waals surface area contributed by atoms with Gasteiger partial charge in [0.1, 0.15) is 6.04 Å². The summed E-state index contributed by atoms with van der Waals surface area (Å²) in [6.45, 7) is 0.527. The smallest absolute Gasteiger partial charge is 0.245 e. The van der Waals surface area contributed by atoms with Gasteiger partial charge in [-0.05, 0) is 36.2 Å². The normalized spacial score (nSPS) is 17.2. The van der Waals surface area contributed by atoms with Crippen molar-refractivity contribution >= 4 is 29.1 Å². The molecule has 2 aromatic carbocycles. The third-order valence-electron chi connectivity index (χ3n) is 4.24. The first-order valence-corrected chi connectivity index (χ1v) is 8.30. The van der Waals surface area contributed by atoms with Crippen molar-refractivity contribution in [3.8, 4) is 0 Å². The van der Waals surface area contributed by atoms with Crippen LogP contribution in [0.25, 0.3) is 0 Å². The summed E-state index contributed by atoms with van der Waals surface area (Å²) >= 11 is 5.92. The van der Waals surface area contributed by atoms with Gasteiger partial charge < -0.3 is 4.90 Å².